The van der Waals surface area contributed by atoms with Crippen molar-refractivity contribution >= 4 is 28.5 Å². The smallest absolute Gasteiger partial charge is 0.368 e. The summed E-state index contributed by atoms with van der Waals surface area (Å²) in [6.45, 7) is -0.396. The van der Waals surface area contributed by atoms with Gasteiger partial charge in [0, 0.05) is 43.9 Å². The van der Waals surface area contributed by atoms with Gasteiger partial charge in [-0.3, -0.25) is 0 Å². The Balaban J connectivity index is 1.40. The average molecular weight is 455 g/mol. The van der Waals surface area contributed by atoms with E-state index in [9.17, 15) is 13.2 Å². The van der Waals surface area contributed by atoms with Crippen molar-refractivity contribution in [2.24, 2.45) is 11.8 Å². The second-order valence-corrected chi connectivity index (χ2v) is 10.8. The van der Waals surface area contributed by atoms with Crippen molar-refractivity contribution in [1.82, 2.24) is 14.0 Å². The molecule has 2 heterocycles. The van der Waals surface area contributed by atoms with Crippen LogP contribution < -0.4 is 9.62 Å². The van der Waals surface area contributed by atoms with Crippen molar-refractivity contribution in [3.8, 4) is 10.6 Å². The van der Waals surface area contributed by atoms with Gasteiger partial charge in [0.05, 0.1) is 6.20 Å². The Labute approximate surface area is 183 Å². The molecule has 1 aliphatic heterocycles. The third-order valence-electron chi connectivity index (χ3n) is 6.80. The van der Waals surface area contributed by atoms with E-state index in [2.05, 4.69) is 32.8 Å². The highest BCUT2D eigenvalue weighted by molar-refractivity contribution is 7.95. The van der Waals surface area contributed by atoms with Gasteiger partial charge >= 0.3 is 6.18 Å². The summed E-state index contributed by atoms with van der Waals surface area (Å²) in [6.07, 6.45) is 1.74. The molecule has 1 N–H and O–H groups in total. The third-order valence-corrected chi connectivity index (χ3v) is 9.00. The van der Waals surface area contributed by atoms with Crippen molar-refractivity contribution in [2.45, 2.75) is 37.4 Å². The number of alkyl halides is 3. The van der Waals surface area contributed by atoms with E-state index in [1.54, 1.807) is 11.3 Å². The SMILES string of the molecule is CN(C)c1cnc(-c2ccc3c(c2)C[C@H]2CC[C@@H](C3)[C@]23CN(CC(F)(F)F)SN3)s1. The Kier molecular flexibility index (Phi) is 5.08. The van der Waals surface area contributed by atoms with Crippen molar-refractivity contribution in [3.63, 3.8) is 0 Å². The lowest BCUT2D eigenvalue weighted by molar-refractivity contribution is -0.135. The Morgan fingerprint density at radius 2 is 1.93 bits per heavy atom. The number of benzene rings is 1. The summed E-state index contributed by atoms with van der Waals surface area (Å²) in [5.74, 6) is 0.735. The summed E-state index contributed by atoms with van der Waals surface area (Å²) in [5, 5.41) is 2.13. The van der Waals surface area contributed by atoms with E-state index >= 15 is 0 Å². The van der Waals surface area contributed by atoms with Gasteiger partial charge in [0.1, 0.15) is 16.6 Å². The van der Waals surface area contributed by atoms with Gasteiger partial charge in [-0.1, -0.05) is 23.5 Å². The molecule has 1 aromatic carbocycles. The van der Waals surface area contributed by atoms with E-state index in [0.29, 0.717) is 18.4 Å². The van der Waals surface area contributed by atoms with Crippen LogP contribution in [0.25, 0.3) is 10.6 Å². The van der Waals surface area contributed by atoms with Crippen LogP contribution in [0.3, 0.4) is 0 Å². The van der Waals surface area contributed by atoms with Crippen LogP contribution in [0.5, 0.6) is 0 Å². The van der Waals surface area contributed by atoms with Gasteiger partial charge in [0.2, 0.25) is 0 Å². The minimum Gasteiger partial charge on any atom is -0.368 e. The fourth-order valence-electron chi connectivity index (χ4n) is 5.32. The normalized spacial score (nSPS) is 28.7. The van der Waals surface area contributed by atoms with Crippen LogP contribution >= 0.6 is 23.5 Å². The molecule has 0 radical (unpaired) electrons. The first-order valence-electron chi connectivity index (χ1n) is 10.2. The number of anilines is 1. The van der Waals surface area contributed by atoms with E-state index in [1.807, 2.05) is 20.3 Å². The minimum atomic E-state index is -4.17. The van der Waals surface area contributed by atoms with Gasteiger partial charge in [-0.15, -0.1) is 0 Å². The molecule has 5 rings (SSSR count). The first-order chi connectivity index (χ1) is 14.2. The molecule has 0 unspecified atom stereocenters. The lowest BCUT2D eigenvalue weighted by Gasteiger charge is -2.34. The molecule has 2 bridgehead atoms. The number of nitrogens with zero attached hydrogens (tertiary/aromatic N) is 3. The summed E-state index contributed by atoms with van der Waals surface area (Å²) in [7, 11) is 4.03. The lowest BCUT2D eigenvalue weighted by atomic mass is 9.79. The largest absolute Gasteiger partial charge is 0.402 e. The maximum Gasteiger partial charge on any atom is 0.402 e. The Bertz CT molecular complexity index is 945. The van der Waals surface area contributed by atoms with Gasteiger partial charge in [0.15, 0.2) is 0 Å². The Hall–Kier alpha value is -1.29. The highest BCUT2D eigenvalue weighted by Gasteiger charge is 2.56. The second-order valence-electron chi connectivity index (χ2n) is 8.91. The number of aromatic nitrogens is 1. The molecule has 0 amide bonds. The summed E-state index contributed by atoms with van der Waals surface area (Å²) in [4.78, 5) is 6.65. The zero-order valence-corrected chi connectivity index (χ0v) is 18.6. The number of thiazole rings is 1. The molecule has 2 fully saturated rings. The van der Waals surface area contributed by atoms with E-state index in [0.717, 1.165) is 41.3 Å². The van der Waals surface area contributed by atoms with E-state index in [1.165, 1.54) is 27.6 Å². The number of rotatable bonds is 3. The molecular formula is C21H25F3N4S2. The monoisotopic (exact) mass is 454 g/mol. The second kappa shape index (κ2) is 7.39. The molecule has 1 saturated heterocycles. The molecule has 1 saturated carbocycles. The zero-order valence-electron chi connectivity index (χ0n) is 17.0. The third kappa shape index (κ3) is 3.63. The van der Waals surface area contributed by atoms with Gasteiger partial charge < -0.3 is 4.90 Å². The molecule has 1 spiro atoms. The fourth-order valence-corrected chi connectivity index (χ4v) is 7.35. The maximum absolute atomic E-state index is 12.9. The molecule has 162 valence electrons. The van der Waals surface area contributed by atoms with Gasteiger partial charge in [-0.25, -0.2) is 14.0 Å². The number of halogens is 3. The van der Waals surface area contributed by atoms with Gasteiger partial charge in [-0.05, 0) is 54.7 Å². The standard InChI is InChI=1S/C21H25F3N4S2/c1-27(2)18-10-25-19(29-18)14-4-3-13-8-16-5-6-17(9-15(13)7-14)20(16)11-28(30-26-20)12-21(22,23)24/h3-4,7,10,16-17,26H,5-6,8-9,11-12H2,1-2H3/t16-,17+,20+/m0/s1. The van der Waals surface area contributed by atoms with E-state index in [4.69, 9.17) is 0 Å². The number of hydrogen-bond acceptors (Lipinski definition) is 6. The number of nitrogens with one attached hydrogen (secondary N) is 1. The molecule has 9 heteroatoms. The predicted octanol–water partition coefficient (Wildman–Crippen LogP) is 4.77. The molecule has 3 aliphatic rings. The average Bonchev–Trinajstić information content (AvgIpc) is 3.34. The highest BCUT2D eigenvalue weighted by atomic mass is 32.2. The fraction of sp³-hybridized carbons (Fsp3) is 0.571. The molecule has 2 aromatic rings. The van der Waals surface area contributed by atoms with E-state index in [-0.39, 0.29) is 5.54 Å². The quantitative estimate of drug-likeness (QED) is 0.676. The minimum absolute atomic E-state index is 0.228. The number of fused-ring (bicyclic) bond motifs is 1. The van der Waals surface area contributed by atoms with E-state index < -0.39 is 12.7 Å². The summed E-state index contributed by atoms with van der Waals surface area (Å²) < 4.78 is 43.7. The molecule has 3 atom stereocenters. The topological polar surface area (TPSA) is 31.4 Å². The molecule has 30 heavy (non-hydrogen) atoms. The van der Waals surface area contributed by atoms with Crippen molar-refractivity contribution in [2.75, 3.05) is 32.1 Å². The molecule has 1 aromatic heterocycles. The van der Waals surface area contributed by atoms with Crippen LogP contribution in [0.15, 0.2) is 24.4 Å². The zero-order chi connectivity index (χ0) is 21.1. The lowest BCUT2D eigenvalue weighted by Crippen LogP contribution is -2.51. The van der Waals surface area contributed by atoms with Crippen molar-refractivity contribution in [1.29, 1.82) is 0 Å². The summed E-state index contributed by atoms with van der Waals surface area (Å²) >= 11 is 2.84. The molecule has 2 aliphatic carbocycles. The highest BCUT2D eigenvalue weighted by Crippen LogP contribution is 2.52. The first-order valence-corrected chi connectivity index (χ1v) is 11.8. The molecular weight excluding hydrogens is 429 g/mol. The summed E-state index contributed by atoms with van der Waals surface area (Å²) in [5.41, 5.74) is 3.58. The van der Waals surface area contributed by atoms with Crippen molar-refractivity contribution < 1.29 is 13.2 Å². The van der Waals surface area contributed by atoms with Gasteiger partial charge in [0.25, 0.3) is 0 Å². The van der Waals surface area contributed by atoms with Crippen LogP contribution in [0, 0.1) is 11.8 Å². The Morgan fingerprint density at radius 3 is 2.60 bits per heavy atom. The Morgan fingerprint density at radius 1 is 1.20 bits per heavy atom. The van der Waals surface area contributed by atoms with Crippen LogP contribution in [-0.2, 0) is 12.8 Å². The van der Waals surface area contributed by atoms with Crippen LogP contribution in [0.4, 0.5) is 18.2 Å². The molecule has 4 nitrogen and oxygen atoms in total. The van der Waals surface area contributed by atoms with Crippen LogP contribution in [-0.4, -0.2) is 48.2 Å². The first kappa shape index (κ1) is 20.6. The predicted molar refractivity (Wildman–Crippen MR) is 117 cm³/mol. The number of hydrogen-bond donors (Lipinski definition) is 1. The van der Waals surface area contributed by atoms with Crippen LogP contribution in [0.1, 0.15) is 24.0 Å². The van der Waals surface area contributed by atoms with Gasteiger partial charge in [-0.2, -0.15) is 13.2 Å². The van der Waals surface area contributed by atoms with Crippen molar-refractivity contribution in [3.05, 3.63) is 35.5 Å². The maximum atomic E-state index is 12.9. The summed E-state index contributed by atoms with van der Waals surface area (Å²) in [6, 6.07) is 6.62. The van der Waals surface area contributed by atoms with Crippen LogP contribution in [0.2, 0.25) is 0 Å².